The standard InChI is InChI=1S/C20H25BrN2O3S/c1-2-3-7-14-22-20(24)16-23(15-17-10-12-18(21)13-11-17)27(25,26)19-8-5-4-6-9-19/h4-6,8-13H,2-3,7,14-16H2,1H3,(H,22,24). The Hall–Kier alpha value is -1.70. The first kappa shape index (κ1) is 21.6. The Morgan fingerprint density at radius 3 is 2.33 bits per heavy atom. The molecule has 0 atom stereocenters. The molecule has 0 bridgehead atoms. The van der Waals surface area contributed by atoms with Crippen molar-refractivity contribution in [2.75, 3.05) is 13.1 Å². The summed E-state index contributed by atoms with van der Waals surface area (Å²) in [5, 5.41) is 2.81. The van der Waals surface area contributed by atoms with Crippen molar-refractivity contribution in [1.29, 1.82) is 0 Å². The number of amides is 1. The molecule has 0 heterocycles. The number of benzene rings is 2. The summed E-state index contributed by atoms with van der Waals surface area (Å²) in [4.78, 5) is 12.5. The van der Waals surface area contributed by atoms with Crippen LogP contribution in [0.15, 0.2) is 64.0 Å². The highest BCUT2D eigenvalue weighted by molar-refractivity contribution is 9.10. The van der Waals surface area contributed by atoms with Gasteiger partial charge in [-0.2, -0.15) is 4.31 Å². The smallest absolute Gasteiger partial charge is 0.243 e. The number of halogens is 1. The second-order valence-corrected chi connectivity index (χ2v) is 9.12. The van der Waals surface area contributed by atoms with Crippen molar-refractivity contribution in [3.8, 4) is 0 Å². The van der Waals surface area contributed by atoms with E-state index in [1.165, 1.54) is 4.31 Å². The molecular formula is C20H25BrN2O3S. The lowest BCUT2D eigenvalue weighted by Crippen LogP contribution is -2.40. The van der Waals surface area contributed by atoms with Crippen LogP contribution in [0, 0.1) is 0 Å². The van der Waals surface area contributed by atoms with Gasteiger partial charge in [-0.25, -0.2) is 8.42 Å². The molecular weight excluding hydrogens is 428 g/mol. The van der Waals surface area contributed by atoms with Crippen molar-refractivity contribution < 1.29 is 13.2 Å². The summed E-state index contributed by atoms with van der Waals surface area (Å²) in [6.45, 7) is 2.57. The van der Waals surface area contributed by atoms with E-state index in [4.69, 9.17) is 0 Å². The van der Waals surface area contributed by atoms with Crippen molar-refractivity contribution >= 4 is 31.9 Å². The lowest BCUT2D eigenvalue weighted by molar-refractivity contribution is -0.121. The Labute approximate surface area is 170 Å². The zero-order valence-corrected chi connectivity index (χ0v) is 17.8. The van der Waals surface area contributed by atoms with Crippen LogP contribution < -0.4 is 5.32 Å². The van der Waals surface area contributed by atoms with Gasteiger partial charge in [0.25, 0.3) is 0 Å². The molecule has 0 unspecified atom stereocenters. The third-order valence-corrected chi connectivity index (χ3v) is 6.41. The van der Waals surface area contributed by atoms with E-state index in [1.807, 2.05) is 24.3 Å². The third-order valence-electron chi connectivity index (χ3n) is 4.08. The predicted octanol–water partition coefficient (Wildman–Crippen LogP) is 3.95. The van der Waals surface area contributed by atoms with Crippen molar-refractivity contribution in [2.45, 2.75) is 37.6 Å². The zero-order chi connectivity index (χ0) is 19.7. The predicted molar refractivity (Wildman–Crippen MR) is 111 cm³/mol. The Bertz CT molecular complexity index is 824. The van der Waals surface area contributed by atoms with Crippen LogP contribution in [-0.4, -0.2) is 31.7 Å². The molecule has 1 amide bonds. The Morgan fingerprint density at radius 2 is 1.70 bits per heavy atom. The lowest BCUT2D eigenvalue weighted by Gasteiger charge is -2.22. The maximum absolute atomic E-state index is 13.1. The van der Waals surface area contributed by atoms with Crippen LogP contribution in [0.4, 0.5) is 0 Å². The van der Waals surface area contributed by atoms with Gasteiger partial charge >= 0.3 is 0 Å². The van der Waals surface area contributed by atoms with E-state index in [0.717, 1.165) is 29.3 Å². The normalized spacial score (nSPS) is 11.5. The number of rotatable bonds is 10. The first-order valence-corrected chi connectivity index (χ1v) is 11.2. The van der Waals surface area contributed by atoms with Gasteiger partial charge in [0.15, 0.2) is 0 Å². The summed E-state index contributed by atoms with van der Waals surface area (Å²) in [6, 6.07) is 15.6. The SMILES string of the molecule is CCCCCNC(=O)CN(Cc1ccc(Br)cc1)S(=O)(=O)c1ccccc1. The molecule has 27 heavy (non-hydrogen) atoms. The summed E-state index contributed by atoms with van der Waals surface area (Å²) in [7, 11) is -3.78. The van der Waals surface area contributed by atoms with E-state index in [0.29, 0.717) is 6.54 Å². The maximum atomic E-state index is 13.1. The van der Waals surface area contributed by atoms with Gasteiger partial charge in [0.2, 0.25) is 15.9 Å². The van der Waals surface area contributed by atoms with E-state index in [-0.39, 0.29) is 23.9 Å². The number of hydrogen-bond donors (Lipinski definition) is 1. The fourth-order valence-corrected chi connectivity index (χ4v) is 4.25. The number of hydrogen-bond acceptors (Lipinski definition) is 3. The molecule has 2 aromatic carbocycles. The van der Waals surface area contributed by atoms with Gasteiger partial charge in [-0.15, -0.1) is 0 Å². The fraction of sp³-hybridized carbons (Fsp3) is 0.350. The van der Waals surface area contributed by atoms with Crippen LogP contribution >= 0.6 is 15.9 Å². The lowest BCUT2D eigenvalue weighted by atomic mass is 10.2. The van der Waals surface area contributed by atoms with Crippen LogP contribution in [0.1, 0.15) is 31.7 Å². The minimum atomic E-state index is -3.78. The monoisotopic (exact) mass is 452 g/mol. The van der Waals surface area contributed by atoms with Crippen LogP contribution in [0.5, 0.6) is 0 Å². The van der Waals surface area contributed by atoms with E-state index in [1.54, 1.807) is 30.3 Å². The quantitative estimate of drug-likeness (QED) is 0.554. The molecule has 2 aromatic rings. The number of carbonyl (C=O) groups excluding carboxylic acids is 1. The first-order valence-electron chi connectivity index (χ1n) is 9.00. The summed E-state index contributed by atoms with van der Waals surface area (Å²) in [5.41, 5.74) is 0.816. The largest absolute Gasteiger partial charge is 0.355 e. The second-order valence-electron chi connectivity index (χ2n) is 6.27. The minimum Gasteiger partial charge on any atom is -0.355 e. The van der Waals surface area contributed by atoms with Gasteiger partial charge in [0.1, 0.15) is 0 Å². The zero-order valence-electron chi connectivity index (χ0n) is 15.4. The van der Waals surface area contributed by atoms with Crippen molar-refractivity contribution in [3.63, 3.8) is 0 Å². The summed E-state index contributed by atoms with van der Waals surface area (Å²) >= 11 is 3.37. The number of carbonyl (C=O) groups is 1. The van der Waals surface area contributed by atoms with E-state index >= 15 is 0 Å². The number of unbranched alkanes of at least 4 members (excludes halogenated alkanes) is 2. The summed E-state index contributed by atoms with van der Waals surface area (Å²) in [6.07, 6.45) is 2.99. The maximum Gasteiger partial charge on any atom is 0.243 e. The molecule has 0 saturated heterocycles. The third kappa shape index (κ3) is 6.75. The molecule has 0 fully saturated rings. The Kier molecular flexibility index (Phi) is 8.47. The minimum absolute atomic E-state index is 0.132. The first-order chi connectivity index (χ1) is 12.9. The van der Waals surface area contributed by atoms with Gasteiger partial charge in [-0.3, -0.25) is 4.79 Å². The molecule has 146 valence electrons. The highest BCUT2D eigenvalue weighted by Crippen LogP contribution is 2.19. The van der Waals surface area contributed by atoms with Crippen LogP contribution in [0.25, 0.3) is 0 Å². The van der Waals surface area contributed by atoms with Gasteiger partial charge < -0.3 is 5.32 Å². The molecule has 0 aliphatic rings. The number of nitrogens with one attached hydrogen (secondary N) is 1. The number of nitrogens with zero attached hydrogens (tertiary/aromatic N) is 1. The molecule has 0 radical (unpaired) electrons. The highest BCUT2D eigenvalue weighted by atomic mass is 79.9. The fourth-order valence-electron chi connectivity index (χ4n) is 2.58. The molecule has 0 aliphatic carbocycles. The van der Waals surface area contributed by atoms with Gasteiger partial charge in [0.05, 0.1) is 11.4 Å². The van der Waals surface area contributed by atoms with Crippen LogP contribution in [0.3, 0.4) is 0 Å². The molecule has 0 aliphatic heterocycles. The van der Waals surface area contributed by atoms with Gasteiger partial charge in [-0.1, -0.05) is 66.0 Å². The molecule has 2 rings (SSSR count). The van der Waals surface area contributed by atoms with Gasteiger partial charge in [-0.05, 0) is 36.2 Å². The summed E-state index contributed by atoms with van der Waals surface area (Å²) < 4.78 is 28.2. The molecule has 0 aromatic heterocycles. The van der Waals surface area contributed by atoms with Crippen molar-refractivity contribution in [2.24, 2.45) is 0 Å². The van der Waals surface area contributed by atoms with Gasteiger partial charge in [0, 0.05) is 17.6 Å². The Morgan fingerprint density at radius 1 is 1.04 bits per heavy atom. The molecule has 1 N–H and O–H groups in total. The molecule has 5 nitrogen and oxygen atoms in total. The van der Waals surface area contributed by atoms with E-state index < -0.39 is 10.0 Å². The second kappa shape index (κ2) is 10.6. The highest BCUT2D eigenvalue weighted by Gasteiger charge is 2.26. The van der Waals surface area contributed by atoms with E-state index in [9.17, 15) is 13.2 Å². The molecule has 0 spiro atoms. The average Bonchev–Trinajstić information content (AvgIpc) is 2.67. The molecule has 7 heteroatoms. The van der Waals surface area contributed by atoms with E-state index in [2.05, 4.69) is 28.2 Å². The van der Waals surface area contributed by atoms with Crippen LogP contribution in [0.2, 0.25) is 0 Å². The number of sulfonamides is 1. The van der Waals surface area contributed by atoms with Crippen molar-refractivity contribution in [1.82, 2.24) is 9.62 Å². The average molecular weight is 453 g/mol. The topological polar surface area (TPSA) is 66.5 Å². The van der Waals surface area contributed by atoms with Crippen molar-refractivity contribution in [3.05, 3.63) is 64.6 Å². The van der Waals surface area contributed by atoms with Crippen LogP contribution in [-0.2, 0) is 21.4 Å². The Balaban J connectivity index is 2.17. The molecule has 0 saturated carbocycles. The summed E-state index contributed by atoms with van der Waals surface area (Å²) in [5.74, 6) is -0.289.